The van der Waals surface area contributed by atoms with Gasteiger partial charge in [0.2, 0.25) is 0 Å². The smallest absolute Gasteiger partial charge is 0.281 e. The highest BCUT2D eigenvalue weighted by Gasteiger charge is 2.33. The van der Waals surface area contributed by atoms with Gasteiger partial charge in [-0.1, -0.05) is 0 Å². The van der Waals surface area contributed by atoms with Crippen LogP contribution in [0.3, 0.4) is 0 Å². The number of piperidine rings is 1. The molecule has 1 fully saturated rings. The monoisotopic (exact) mass is 309 g/mol. The van der Waals surface area contributed by atoms with E-state index in [2.05, 4.69) is 0 Å². The first-order valence-electron chi connectivity index (χ1n) is 6.85. The molecule has 0 aliphatic carbocycles. The van der Waals surface area contributed by atoms with Crippen LogP contribution in [-0.2, 0) is 10.2 Å². The van der Waals surface area contributed by atoms with Crippen molar-refractivity contribution in [3.05, 3.63) is 0 Å². The third-order valence-electron chi connectivity index (χ3n) is 3.87. The van der Waals surface area contributed by atoms with Gasteiger partial charge in [0, 0.05) is 26.2 Å². The zero-order valence-corrected chi connectivity index (χ0v) is 13.8. The molecule has 1 aliphatic rings. The van der Waals surface area contributed by atoms with Crippen LogP contribution in [0.1, 0.15) is 26.2 Å². The SMILES string of the molecule is CSCCC(C)N(C)S(=O)(=O)N1CCCC(CN)C1. The Morgan fingerprint density at radius 1 is 1.53 bits per heavy atom. The van der Waals surface area contributed by atoms with Gasteiger partial charge in [0.25, 0.3) is 10.2 Å². The van der Waals surface area contributed by atoms with E-state index in [1.807, 2.05) is 13.2 Å². The summed E-state index contributed by atoms with van der Waals surface area (Å²) in [6.07, 6.45) is 4.87. The number of hydrogen-bond acceptors (Lipinski definition) is 4. The summed E-state index contributed by atoms with van der Waals surface area (Å²) in [6.45, 7) is 3.73. The number of nitrogens with zero attached hydrogens (tertiary/aromatic N) is 2. The summed E-state index contributed by atoms with van der Waals surface area (Å²) in [5.74, 6) is 1.28. The molecule has 0 radical (unpaired) electrons. The van der Waals surface area contributed by atoms with Gasteiger partial charge in [0.1, 0.15) is 0 Å². The van der Waals surface area contributed by atoms with Crippen LogP contribution in [0.15, 0.2) is 0 Å². The highest BCUT2D eigenvalue weighted by atomic mass is 32.2. The summed E-state index contributed by atoms with van der Waals surface area (Å²) < 4.78 is 28.2. The van der Waals surface area contributed by atoms with Crippen molar-refractivity contribution in [3.63, 3.8) is 0 Å². The molecule has 2 N–H and O–H groups in total. The summed E-state index contributed by atoms with van der Waals surface area (Å²) in [5, 5.41) is 0. The maximum Gasteiger partial charge on any atom is 0.281 e. The third kappa shape index (κ3) is 4.60. The Kier molecular flexibility index (Phi) is 7.10. The highest BCUT2D eigenvalue weighted by molar-refractivity contribution is 7.98. The average Bonchev–Trinajstić information content (AvgIpc) is 2.43. The molecule has 0 aromatic heterocycles. The highest BCUT2D eigenvalue weighted by Crippen LogP contribution is 2.21. The summed E-state index contributed by atoms with van der Waals surface area (Å²) in [5.41, 5.74) is 5.67. The van der Waals surface area contributed by atoms with Crippen LogP contribution in [0.4, 0.5) is 0 Å². The molecule has 0 aromatic rings. The molecule has 19 heavy (non-hydrogen) atoms. The van der Waals surface area contributed by atoms with Crippen LogP contribution in [0.2, 0.25) is 0 Å². The van der Waals surface area contributed by atoms with Gasteiger partial charge in [-0.2, -0.15) is 28.8 Å². The second-order valence-corrected chi connectivity index (χ2v) is 8.23. The first-order chi connectivity index (χ1) is 8.93. The fourth-order valence-electron chi connectivity index (χ4n) is 2.31. The molecule has 0 amide bonds. The molecule has 114 valence electrons. The molecule has 2 unspecified atom stereocenters. The molecule has 5 nitrogen and oxygen atoms in total. The predicted molar refractivity (Wildman–Crippen MR) is 82.5 cm³/mol. The Balaban J connectivity index is 2.67. The number of thioether (sulfide) groups is 1. The standard InChI is InChI=1S/C12H27N3O2S2/c1-11(6-8-18-3)14(2)19(16,17)15-7-4-5-12(9-13)10-15/h11-12H,4-10,13H2,1-3H3. The van der Waals surface area contributed by atoms with Crippen molar-refractivity contribution < 1.29 is 8.42 Å². The van der Waals surface area contributed by atoms with Crippen molar-refractivity contribution >= 4 is 22.0 Å². The normalized spacial score (nSPS) is 23.7. The van der Waals surface area contributed by atoms with Crippen LogP contribution in [0.25, 0.3) is 0 Å². The molecule has 2 atom stereocenters. The van der Waals surface area contributed by atoms with E-state index in [1.54, 1.807) is 23.1 Å². The molecule has 1 saturated heterocycles. The number of hydrogen-bond donors (Lipinski definition) is 1. The molecule has 1 rings (SSSR count). The van der Waals surface area contributed by atoms with E-state index in [1.165, 1.54) is 4.31 Å². The van der Waals surface area contributed by atoms with Gasteiger partial charge in [0.05, 0.1) is 0 Å². The second kappa shape index (κ2) is 7.83. The van der Waals surface area contributed by atoms with Crippen LogP contribution in [-0.4, -0.2) is 61.8 Å². The fraction of sp³-hybridized carbons (Fsp3) is 1.00. The van der Waals surface area contributed by atoms with E-state index in [0.717, 1.165) is 25.0 Å². The topological polar surface area (TPSA) is 66.6 Å². The molecule has 0 spiro atoms. The molecule has 1 aliphatic heterocycles. The largest absolute Gasteiger partial charge is 0.330 e. The Morgan fingerprint density at radius 2 is 2.21 bits per heavy atom. The summed E-state index contributed by atoms with van der Waals surface area (Å²) in [4.78, 5) is 0. The number of rotatable bonds is 7. The first kappa shape index (κ1) is 17.2. The average molecular weight is 310 g/mol. The van der Waals surface area contributed by atoms with Crippen LogP contribution in [0.5, 0.6) is 0 Å². The summed E-state index contributed by atoms with van der Waals surface area (Å²) >= 11 is 1.75. The number of nitrogens with two attached hydrogens (primary N) is 1. The van der Waals surface area contributed by atoms with Crippen molar-refractivity contribution in [2.24, 2.45) is 11.7 Å². The summed E-state index contributed by atoms with van der Waals surface area (Å²) in [6, 6.07) is 0.0377. The Hall–Kier alpha value is 0.180. The summed E-state index contributed by atoms with van der Waals surface area (Å²) in [7, 11) is -1.65. The molecule has 1 heterocycles. The van der Waals surface area contributed by atoms with Gasteiger partial charge in [-0.3, -0.25) is 0 Å². The molecular weight excluding hydrogens is 282 g/mol. The van der Waals surface area contributed by atoms with Crippen molar-refractivity contribution in [3.8, 4) is 0 Å². The third-order valence-corrected chi connectivity index (χ3v) is 6.58. The zero-order chi connectivity index (χ0) is 14.5. The minimum atomic E-state index is -3.33. The van der Waals surface area contributed by atoms with Crippen LogP contribution >= 0.6 is 11.8 Å². The van der Waals surface area contributed by atoms with Crippen molar-refractivity contribution in [2.45, 2.75) is 32.2 Å². The fourth-order valence-corrected chi connectivity index (χ4v) is 4.57. The van der Waals surface area contributed by atoms with Crippen LogP contribution < -0.4 is 5.73 Å². The Morgan fingerprint density at radius 3 is 2.79 bits per heavy atom. The van der Waals surface area contributed by atoms with E-state index < -0.39 is 10.2 Å². The van der Waals surface area contributed by atoms with E-state index >= 15 is 0 Å². The Bertz CT molecular complexity index is 362. The lowest BCUT2D eigenvalue weighted by Crippen LogP contribution is -2.50. The van der Waals surface area contributed by atoms with E-state index in [0.29, 0.717) is 25.6 Å². The lowest BCUT2D eigenvalue weighted by atomic mass is 10.0. The van der Waals surface area contributed by atoms with E-state index in [-0.39, 0.29) is 6.04 Å². The van der Waals surface area contributed by atoms with Crippen molar-refractivity contribution in [2.75, 3.05) is 38.7 Å². The molecular formula is C12H27N3O2S2. The Labute approximate surface area is 122 Å². The second-order valence-electron chi connectivity index (χ2n) is 5.26. The minimum Gasteiger partial charge on any atom is -0.330 e. The lowest BCUT2D eigenvalue weighted by Gasteiger charge is -2.35. The van der Waals surface area contributed by atoms with E-state index in [4.69, 9.17) is 5.73 Å². The van der Waals surface area contributed by atoms with Crippen molar-refractivity contribution in [1.82, 2.24) is 8.61 Å². The lowest BCUT2D eigenvalue weighted by molar-refractivity contribution is 0.246. The zero-order valence-electron chi connectivity index (χ0n) is 12.2. The van der Waals surface area contributed by atoms with Gasteiger partial charge < -0.3 is 5.73 Å². The molecule has 7 heteroatoms. The van der Waals surface area contributed by atoms with Gasteiger partial charge >= 0.3 is 0 Å². The van der Waals surface area contributed by atoms with Gasteiger partial charge in [-0.15, -0.1) is 0 Å². The van der Waals surface area contributed by atoms with Crippen LogP contribution in [0, 0.1) is 5.92 Å². The van der Waals surface area contributed by atoms with Gasteiger partial charge in [-0.05, 0) is 50.7 Å². The van der Waals surface area contributed by atoms with E-state index in [9.17, 15) is 8.42 Å². The van der Waals surface area contributed by atoms with Crippen molar-refractivity contribution in [1.29, 1.82) is 0 Å². The quantitative estimate of drug-likeness (QED) is 0.761. The maximum absolute atomic E-state index is 12.6. The van der Waals surface area contributed by atoms with Gasteiger partial charge in [-0.25, -0.2) is 0 Å². The maximum atomic E-state index is 12.6. The molecule has 0 bridgehead atoms. The molecule has 0 aromatic carbocycles. The minimum absolute atomic E-state index is 0.0377. The van der Waals surface area contributed by atoms with Gasteiger partial charge in [0.15, 0.2) is 0 Å². The first-order valence-corrected chi connectivity index (χ1v) is 9.64. The molecule has 0 saturated carbocycles. The predicted octanol–water partition coefficient (Wildman–Crippen LogP) is 0.975.